The Morgan fingerprint density at radius 2 is 2.16 bits per heavy atom. The topological polar surface area (TPSA) is 71.3 Å². The second-order valence-electron chi connectivity index (χ2n) is 4.15. The van der Waals surface area contributed by atoms with Crippen molar-refractivity contribution < 1.29 is 14.0 Å². The average molecular weight is 321 g/mol. The predicted octanol–water partition coefficient (Wildman–Crippen LogP) is 2.79. The summed E-state index contributed by atoms with van der Waals surface area (Å²) in [7, 11) is 0. The van der Waals surface area contributed by atoms with E-state index in [4.69, 9.17) is 4.42 Å². The lowest BCUT2D eigenvalue weighted by Crippen LogP contribution is -2.10. The quantitative estimate of drug-likeness (QED) is 0.893. The number of amides is 2. The summed E-state index contributed by atoms with van der Waals surface area (Å²) in [6.45, 7) is 0. The molecule has 2 N–H and O–H groups in total. The predicted molar refractivity (Wildman–Crippen MR) is 73.1 cm³/mol. The number of nitrogens with one attached hydrogen (secondary N) is 2. The number of rotatable bonds is 2. The van der Waals surface area contributed by atoms with Crippen LogP contribution in [0.3, 0.4) is 0 Å². The summed E-state index contributed by atoms with van der Waals surface area (Å²) in [6, 6.07) is 8.52. The first-order valence-corrected chi connectivity index (χ1v) is 6.40. The summed E-state index contributed by atoms with van der Waals surface area (Å²) in [5.41, 5.74) is 2.31. The van der Waals surface area contributed by atoms with Gasteiger partial charge in [-0.2, -0.15) is 0 Å². The third-order valence-electron chi connectivity index (χ3n) is 2.79. The number of fused-ring (bicyclic) bond motifs is 1. The molecule has 0 saturated carbocycles. The smallest absolute Gasteiger partial charge is 0.291 e. The molecule has 19 heavy (non-hydrogen) atoms. The molecule has 0 radical (unpaired) electrons. The molecule has 0 atom stereocenters. The SMILES string of the molecule is O=C1Cc2cc(NC(=O)c3ccc(Br)o3)ccc2N1. The fourth-order valence-corrected chi connectivity index (χ4v) is 2.24. The molecule has 1 aromatic heterocycles. The minimum Gasteiger partial charge on any atom is -0.444 e. The first kappa shape index (κ1) is 12.0. The fourth-order valence-electron chi connectivity index (χ4n) is 1.94. The average Bonchev–Trinajstić information content (AvgIpc) is 2.93. The Balaban J connectivity index is 1.79. The van der Waals surface area contributed by atoms with E-state index in [0.29, 0.717) is 16.8 Å². The lowest BCUT2D eigenvalue weighted by atomic mass is 10.1. The van der Waals surface area contributed by atoms with E-state index in [2.05, 4.69) is 26.6 Å². The van der Waals surface area contributed by atoms with Crippen molar-refractivity contribution in [3.05, 3.63) is 46.3 Å². The van der Waals surface area contributed by atoms with Gasteiger partial charge in [-0.05, 0) is 51.8 Å². The summed E-state index contributed by atoms with van der Waals surface area (Å²) in [5.74, 6) is -0.141. The Hall–Kier alpha value is -2.08. The van der Waals surface area contributed by atoms with E-state index in [1.54, 1.807) is 30.3 Å². The molecule has 0 bridgehead atoms. The number of hydrogen-bond acceptors (Lipinski definition) is 3. The fraction of sp³-hybridized carbons (Fsp3) is 0.0769. The van der Waals surface area contributed by atoms with Crippen LogP contribution in [0.1, 0.15) is 16.1 Å². The van der Waals surface area contributed by atoms with Gasteiger partial charge in [0.2, 0.25) is 5.91 Å². The largest absolute Gasteiger partial charge is 0.444 e. The van der Waals surface area contributed by atoms with Gasteiger partial charge in [0.25, 0.3) is 5.91 Å². The van der Waals surface area contributed by atoms with Crippen molar-refractivity contribution in [3.63, 3.8) is 0 Å². The summed E-state index contributed by atoms with van der Waals surface area (Å²) in [5, 5.41) is 5.46. The Bertz CT molecular complexity index is 678. The Morgan fingerprint density at radius 1 is 1.32 bits per heavy atom. The molecule has 1 aromatic carbocycles. The summed E-state index contributed by atoms with van der Waals surface area (Å²) in [6.07, 6.45) is 0.339. The van der Waals surface area contributed by atoms with Crippen LogP contribution in [0.2, 0.25) is 0 Å². The Labute approximate surface area is 117 Å². The molecule has 1 aliphatic heterocycles. The van der Waals surface area contributed by atoms with Gasteiger partial charge in [-0.25, -0.2) is 0 Å². The molecule has 2 aromatic rings. The van der Waals surface area contributed by atoms with Crippen molar-refractivity contribution in [2.24, 2.45) is 0 Å². The van der Waals surface area contributed by atoms with Crippen molar-refractivity contribution >= 4 is 39.1 Å². The second kappa shape index (κ2) is 4.55. The van der Waals surface area contributed by atoms with Crippen molar-refractivity contribution in [1.29, 1.82) is 0 Å². The lowest BCUT2D eigenvalue weighted by molar-refractivity contribution is -0.115. The van der Waals surface area contributed by atoms with Crippen molar-refractivity contribution in [2.75, 3.05) is 10.6 Å². The maximum Gasteiger partial charge on any atom is 0.291 e. The maximum absolute atomic E-state index is 11.9. The highest BCUT2D eigenvalue weighted by Crippen LogP contribution is 2.26. The van der Waals surface area contributed by atoms with Crippen LogP contribution in [0.15, 0.2) is 39.4 Å². The summed E-state index contributed by atoms with van der Waals surface area (Å²) < 4.78 is 5.67. The summed E-state index contributed by atoms with van der Waals surface area (Å²) >= 11 is 3.14. The monoisotopic (exact) mass is 320 g/mol. The molecule has 1 aliphatic rings. The molecule has 0 aliphatic carbocycles. The molecule has 2 heterocycles. The molecule has 0 saturated heterocycles. The molecule has 0 fully saturated rings. The Kier molecular flexibility index (Phi) is 2.87. The van der Waals surface area contributed by atoms with E-state index in [1.165, 1.54) is 0 Å². The van der Waals surface area contributed by atoms with Gasteiger partial charge < -0.3 is 15.1 Å². The standard InChI is InChI=1S/C13H9BrN2O3/c14-11-4-3-10(19-11)13(18)15-8-1-2-9-7(5-8)6-12(17)16-9/h1-5H,6H2,(H,15,18)(H,16,17). The number of carbonyl (C=O) groups excluding carboxylic acids is 2. The van der Waals surface area contributed by atoms with E-state index < -0.39 is 0 Å². The van der Waals surface area contributed by atoms with Gasteiger partial charge in [-0.3, -0.25) is 9.59 Å². The molecule has 0 unspecified atom stereocenters. The minimum atomic E-state index is -0.331. The third-order valence-corrected chi connectivity index (χ3v) is 3.21. The molecule has 6 heteroatoms. The summed E-state index contributed by atoms with van der Waals surface area (Å²) in [4.78, 5) is 23.1. The van der Waals surface area contributed by atoms with Crippen LogP contribution in [0.4, 0.5) is 11.4 Å². The second-order valence-corrected chi connectivity index (χ2v) is 4.94. The van der Waals surface area contributed by atoms with Gasteiger partial charge in [0.05, 0.1) is 6.42 Å². The van der Waals surface area contributed by atoms with Gasteiger partial charge >= 0.3 is 0 Å². The third kappa shape index (κ3) is 2.39. The zero-order valence-corrected chi connectivity index (χ0v) is 11.3. The Morgan fingerprint density at radius 3 is 2.89 bits per heavy atom. The van der Waals surface area contributed by atoms with Crippen LogP contribution < -0.4 is 10.6 Å². The van der Waals surface area contributed by atoms with Gasteiger partial charge in [0.1, 0.15) is 0 Å². The van der Waals surface area contributed by atoms with Gasteiger partial charge in [-0.15, -0.1) is 0 Å². The van der Waals surface area contributed by atoms with Crippen molar-refractivity contribution in [3.8, 4) is 0 Å². The van der Waals surface area contributed by atoms with Gasteiger partial charge in [0, 0.05) is 11.4 Å². The van der Waals surface area contributed by atoms with Crippen molar-refractivity contribution in [1.82, 2.24) is 0 Å². The molecule has 3 rings (SSSR count). The first-order chi connectivity index (χ1) is 9.11. The van der Waals surface area contributed by atoms with Crippen LogP contribution >= 0.6 is 15.9 Å². The molecule has 2 amide bonds. The number of anilines is 2. The normalized spacial score (nSPS) is 13.0. The van der Waals surface area contributed by atoms with E-state index >= 15 is 0 Å². The zero-order valence-electron chi connectivity index (χ0n) is 9.70. The van der Waals surface area contributed by atoms with Gasteiger partial charge in [0.15, 0.2) is 10.4 Å². The number of furan rings is 1. The maximum atomic E-state index is 11.9. The highest BCUT2D eigenvalue weighted by Gasteiger charge is 2.18. The van der Waals surface area contributed by atoms with Crippen LogP contribution in [-0.2, 0) is 11.2 Å². The number of halogens is 1. The van der Waals surface area contributed by atoms with Crippen LogP contribution in [0, 0.1) is 0 Å². The molecule has 5 nitrogen and oxygen atoms in total. The molecular formula is C13H9BrN2O3. The van der Waals surface area contributed by atoms with E-state index in [0.717, 1.165) is 11.3 Å². The first-order valence-electron chi connectivity index (χ1n) is 5.61. The van der Waals surface area contributed by atoms with Crippen LogP contribution in [-0.4, -0.2) is 11.8 Å². The molecular weight excluding hydrogens is 312 g/mol. The van der Waals surface area contributed by atoms with E-state index in [1.807, 2.05) is 0 Å². The lowest BCUT2D eigenvalue weighted by Gasteiger charge is -2.05. The van der Waals surface area contributed by atoms with Crippen molar-refractivity contribution in [2.45, 2.75) is 6.42 Å². The molecule has 96 valence electrons. The number of carbonyl (C=O) groups is 2. The van der Waals surface area contributed by atoms with Crippen LogP contribution in [0.25, 0.3) is 0 Å². The highest BCUT2D eigenvalue weighted by molar-refractivity contribution is 9.10. The van der Waals surface area contributed by atoms with Gasteiger partial charge in [-0.1, -0.05) is 0 Å². The molecule has 0 spiro atoms. The minimum absolute atomic E-state index is 0.0339. The highest BCUT2D eigenvalue weighted by atomic mass is 79.9. The van der Waals surface area contributed by atoms with E-state index in [-0.39, 0.29) is 17.6 Å². The number of hydrogen-bond donors (Lipinski definition) is 2. The zero-order chi connectivity index (χ0) is 13.4. The number of benzene rings is 1. The van der Waals surface area contributed by atoms with E-state index in [9.17, 15) is 9.59 Å². The van der Waals surface area contributed by atoms with Crippen LogP contribution in [0.5, 0.6) is 0 Å².